The van der Waals surface area contributed by atoms with Crippen LogP contribution in [0.1, 0.15) is 0 Å². The van der Waals surface area contributed by atoms with E-state index in [0.29, 0.717) is 21.5 Å². The molecule has 0 unspecified atom stereocenters. The first-order chi connectivity index (χ1) is 8.06. The topological polar surface area (TPSA) is 38.0 Å². The first-order valence-corrected chi connectivity index (χ1v) is 5.62. The third-order valence-electron chi connectivity index (χ3n) is 2.21. The van der Waals surface area contributed by atoms with Gasteiger partial charge in [-0.3, -0.25) is 0 Å². The largest absolute Gasteiger partial charge is 0.397 e. The molecule has 2 aromatic rings. The molecule has 0 aliphatic rings. The zero-order chi connectivity index (χ0) is 12.4. The molecule has 0 spiro atoms. The van der Waals surface area contributed by atoms with Crippen molar-refractivity contribution < 1.29 is 8.78 Å². The van der Waals surface area contributed by atoms with Crippen molar-refractivity contribution in [2.24, 2.45) is 0 Å². The summed E-state index contributed by atoms with van der Waals surface area (Å²) in [5.41, 5.74) is 6.98. The molecule has 0 aliphatic heterocycles. The van der Waals surface area contributed by atoms with Gasteiger partial charge in [-0.05, 0) is 52.3 Å². The van der Waals surface area contributed by atoms with E-state index in [9.17, 15) is 8.78 Å². The summed E-state index contributed by atoms with van der Waals surface area (Å²) in [5, 5.41) is 2.86. The van der Waals surface area contributed by atoms with Gasteiger partial charge in [-0.15, -0.1) is 0 Å². The molecule has 3 N–H and O–H groups in total. The summed E-state index contributed by atoms with van der Waals surface area (Å²) in [7, 11) is 0. The van der Waals surface area contributed by atoms with Gasteiger partial charge in [-0.2, -0.15) is 0 Å². The van der Waals surface area contributed by atoms with Gasteiger partial charge in [0.05, 0.1) is 15.8 Å². The number of hydrogen-bond acceptors (Lipinski definition) is 2. The van der Waals surface area contributed by atoms with E-state index in [4.69, 9.17) is 5.73 Å². The number of hydrogen-bond donors (Lipinski definition) is 2. The van der Waals surface area contributed by atoms with E-state index in [1.54, 1.807) is 12.1 Å². The number of halogens is 3. The van der Waals surface area contributed by atoms with E-state index in [-0.39, 0.29) is 0 Å². The van der Waals surface area contributed by atoms with Crippen LogP contribution in [0.15, 0.2) is 40.9 Å². The predicted octanol–water partition coefficient (Wildman–Crippen LogP) is 4.05. The van der Waals surface area contributed by atoms with Crippen LogP contribution in [0.5, 0.6) is 0 Å². The number of rotatable bonds is 2. The summed E-state index contributed by atoms with van der Waals surface area (Å²) < 4.78 is 26.7. The van der Waals surface area contributed by atoms with Crippen LogP contribution >= 0.6 is 15.9 Å². The van der Waals surface area contributed by atoms with E-state index >= 15 is 0 Å². The lowest BCUT2D eigenvalue weighted by Crippen LogP contribution is -1.97. The van der Waals surface area contributed by atoms with Crippen LogP contribution in [0.4, 0.5) is 25.8 Å². The van der Waals surface area contributed by atoms with E-state index in [2.05, 4.69) is 21.2 Å². The molecule has 0 heterocycles. The highest BCUT2D eigenvalue weighted by Gasteiger charge is 2.04. The van der Waals surface area contributed by atoms with Crippen LogP contribution in [0, 0.1) is 11.6 Å². The van der Waals surface area contributed by atoms with Crippen molar-refractivity contribution in [2.75, 3.05) is 11.1 Å². The summed E-state index contributed by atoms with van der Waals surface area (Å²) in [6.07, 6.45) is 0. The van der Waals surface area contributed by atoms with Crippen molar-refractivity contribution in [3.05, 3.63) is 52.5 Å². The molecule has 0 aromatic heterocycles. The average molecular weight is 299 g/mol. The van der Waals surface area contributed by atoms with Gasteiger partial charge < -0.3 is 11.1 Å². The molecule has 0 saturated heterocycles. The Morgan fingerprint density at radius 2 is 1.82 bits per heavy atom. The van der Waals surface area contributed by atoms with Crippen LogP contribution in [0.3, 0.4) is 0 Å². The second-order valence-corrected chi connectivity index (χ2v) is 4.34. The minimum absolute atomic E-state index is 0.371. The zero-order valence-corrected chi connectivity index (χ0v) is 10.3. The number of nitrogen functional groups attached to an aromatic ring is 1. The van der Waals surface area contributed by atoms with E-state index < -0.39 is 11.6 Å². The molecule has 0 bridgehead atoms. The first kappa shape index (κ1) is 11.9. The molecule has 0 fully saturated rings. The van der Waals surface area contributed by atoms with Crippen molar-refractivity contribution in [1.82, 2.24) is 0 Å². The first-order valence-electron chi connectivity index (χ1n) is 4.83. The summed E-state index contributed by atoms with van der Waals surface area (Å²) in [6, 6.07) is 8.50. The molecule has 0 aliphatic carbocycles. The van der Waals surface area contributed by atoms with E-state index in [0.717, 1.165) is 0 Å². The van der Waals surface area contributed by atoms with Crippen molar-refractivity contribution in [3.8, 4) is 0 Å². The Morgan fingerprint density at radius 1 is 1.06 bits per heavy atom. The second kappa shape index (κ2) is 4.71. The monoisotopic (exact) mass is 298 g/mol. The molecule has 88 valence electrons. The SMILES string of the molecule is Nc1ccc(F)cc1Nc1ccc(Br)c(F)c1. The fourth-order valence-corrected chi connectivity index (χ4v) is 1.61. The maximum Gasteiger partial charge on any atom is 0.139 e. The molecule has 0 radical (unpaired) electrons. The lowest BCUT2D eigenvalue weighted by molar-refractivity contribution is 0.622. The number of nitrogens with one attached hydrogen (secondary N) is 1. The van der Waals surface area contributed by atoms with Crippen LogP contribution in [-0.4, -0.2) is 0 Å². The second-order valence-electron chi connectivity index (χ2n) is 3.49. The molecular weight excluding hydrogens is 290 g/mol. The lowest BCUT2D eigenvalue weighted by Gasteiger charge is -2.09. The Hall–Kier alpha value is -1.62. The van der Waals surface area contributed by atoms with Gasteiger partial charge in [0, 0.05) is 5.69 Å². The van der Waals surface area contributed by atoms with Crippen LogP contribution in [0.2, 0.25) is 0 Å². The van der Waals surface area contributed by atoms with Crippen molar-refractivity contribution in [3.63, 3.8) is 0 Å². The Labute approximate surface area is 106 Å². The highest BCUT2D eigenvalue weighted by atomic mass is 79.9. The van der Waals surface area contributed by atoms with Gasteiger partial charge in [0.25, 0.3) is 0 Å². The molecule has 5 heteroatoms. The average Bonchev–Trinajstić information content (AvgIpc) is 2.29. The maximum atomic E-state index is 13.3. The number of anilines is 3. The van der Waals surface area contributed by atoms with Gasteiger partial charge >= 0.3 is 0 Å². The van der Waals surface area contributed by atoms with Crippen LogP contribution < -0.4 is 11.1 Å². The molecule has 0 saturated carbocycles. The molecular formula is C12H9BrF2N2. The van der Waals surface area contributed by atoms with Crippen molar-refractivity contribution in [1.29, 1.82) is 0 Å². The highest BCUT2D eigenvalue weighted by molar-refractivity contribution is 9.10. The molecule has 2 rings (SSSR count). The fourth-order valence-electron chi connectivity index (χ4n) is 1.37. The Bertz CT molecular complexity index is 558. The molecule has 17 heavy (non-hydrogen) atoms. The third kappa shape index (κ3) is 2.74. The number of nitrogens with two attached hydrogens (primary N) is 1. The van der Waals surface area contributed by atoms with Gasteiger partial charge in [-0.25, -0.2) is 8.78 Å². The quantitative estimate of drug-likeness (QED) is 0.821. The van der Waals surface area contributed by atoms with Gasteiger partial charge in [0.1, 0.15) is 11.6 Å². The standard InChI is InChI=1S/C12H9BrF2N2/c13-9-3-2-8(6-10(9)15)17-12-5-7(14)1-4-11(12)16/h1-6,17H,16H2. The Kier molecular flexibility index (Phi) is 3.28. The van der Waals surface area contributed by atoms with E-state index in [1.165, 1.54) is 24.3 Å². The van der Waals surface area contributed by atoms with Gasteiger partial charge in [-0.1, -0.05) is 0 Å². The maximum absolute atomic E-state index is 13.3. The smallest absolute Gasteiger partial charge is 0.139 e. The van der Waals surface area contributed by atoms with Crippen molar-refractivity contribution >= 4 is 33.0 Å². The van der Waals surface area contributed by atoms with Crippen LogP contribution in [0.25, 0.3) is 0 Å². The minimum atomic E-state index is -0.403. The summed E-state index contributed by atoms with van der Waals surface area (Å²) in [5.74, 6) is -0.802. The van der Waals surface area contributed by atoms with Gasteiger partial charge in [0.15, 0.2) is 0 Å². The van der Waals surface area contributed by atoms with Gasteiger partial charge in [0.2, 0.25) is 0 Å². The van der Waals surface area contributed by atoms with Crippen LogP contribution in [-0.2, 0) is 0 Å². The summed E-state index contributed by atoms with van der Waals surface area (Å²) >= 11 is 3.05. The minimum Gasteiger partial charge on any atom is -0.397 e. The van der Waals surface area contributed by atoms with E-state index in [1.807, 2.05) is 0 Å². The molecule has 2 nitrogen and oxygen atoms in total. The third-order valence-corrected chi connectivity index (χ3v) is 2.86. The lowest BCUT2D eigenvalue weighted by atomic mass is 10.2. The highest BCUT2D eigenvalue weighted by Crippen LogP contribution is 2.26. The molecule has 0 amide bonds. The zero-order valence-electron chi connectivity index (χ0n) is 8.68. The number of benzene rings is 2. The Morgan fingerprint density at radius 3 is 2.53 bits per heavy atom. The summed E-state index contributed by atoms with van der Waals surface area (Å²) in [4.78, 5) is 0. The van der Waals surface area contributed by atoms with Crippen molar-refractivity contribution in [2.45, 2.75) is 0 Å². The Balaban J connectivity index is 2.31. The summed E-state index contributed by atoms with van der Waals surface area (Å²) in [6.45, 7) is 0. The predicted molar refractivity (Wildman–Crippen MR) is 68.2 cm³/mol. The molecule has 0 atom stereocenters. The fraction of sp³-hybridized carbons (Fsp3) is 0. The molecule has 2 aromatic carbocycles. The normalized spacial score (nSPS) is 10.3.